The molecule has 6 heteroatoms. The van der Waals surface area contributed by atoms with Crippen molar-refractivity contribution in [2.75, 3.05) is 6.61 Å². The molecule has 1 aliphatic carbocycles. The van der Waals surface area contributed by atoms with E-state index in [4.69, 9.17) is 18.3 Å². The smallest absolute Gasteiger partial charge is 0.261 e. The molecule has 48 heavy (non-hydrogen) atoms. The third kappa shape index (κ3) is 8.44. The maximum absolute atomic E-state index is 7.87. The molecule has 0 spiro atoms. The van der Waals surface area contributed by atoms with Gasteiger partial charge >= 0.3 is 0 Å². The van der Waals surface area contributed by atoms with Crippen molar-refractivity contribution >= 4 is 27.0 Å². The molecule has 0 amide bonds. The van der Waals surface area contributed by atoms with E-state index in [-0.39, 0.29) is 35.4 Å². The van der Waals surface area contributed by atoms with E-state index in [9.17, 15) is 0 Å². The van der Waals surface area contributed by atoms with Gasteiger partial charge < -0.3 is 18.3 Å². The van der Waals surface area contributed by atoms with E-state index in [2.05, 4.69) is 146 Å². The summed E-state index contributed by atoms with van der Waals surface area (Å²) in [5.41, 5.74) is 1.19. The molecule has 2 aliphatic rings. The Kier molecular flexibility index (Phi) is 12.6. The molecule has 1 heterocycles. The standard InChI is InChI=1S/C42H62O4Si2/c1-9-47(10-2,11-3)45-40(38-27-32(38)4)29-35-28-39(33(5)41(44-35)31-43-30-34-21-15-12-16-22-34)46-48(42(6,7)8,36-23-17-13-18-24-36)37-25-19-14-20-26-37/h12-26,32-33,35,38-41H,9-11,27-31H2,1-8H3/t32-,33+,35-,38-,39-,40-,41-/m0/s1. The zero-order chi connectivity index (χ0) is 34.4. The summed E-state index contributed by atoms with van der Waals surface area (Å²) >= 11 is 0. The Morgan fingerprint density at radius 1 is 0.771 bits per heavy atom. The molecule has 1 aliphatic heterocycles. The van der Waals surface area contributed by atoms with Crippen LogP contribution in [0.15, 0.2) is 91.0 Å². The van der Waals surface area contributed by atoms with E-state index in [1.165, 1.54) is 40.5 Å². The first-order chi connectivity index (χ1) is 23.1. The molecular formula is C42H62O4Si2. The molecule has 1 saturated heterocycles. The second-order valence-corrected chi connectivity index (χ2v) is 24.7. The summed E-state index contributed by atoms with van der Waals surface area (Å²) in [6.07, 6.45) is 3.37. The first-order valence-corrected chi connectivity index (χ1v) is 23.2. The van der Waals surface area contributed by atoms with Gasteiger partial charge in [-0.25, -0.2) is 0 Å². The molecule has 262 valence electrons. The molecule has 0 aromatic heterocycles. The maximum atomic E-state index is 7.87. The molecule has 0 N–H and O–H groups in total. The Morgan fingerprint density at radius 2 is 1.29 bits per heavy atom. The molecular weight excluding hydrogens is 625 g/mol. The molecule has 1 saturated carbocycles. The van der Waals surface area contributed by atoms with Crippen LogP contribution in [0.3, 0.4) is 0 Å². The zero-order valence-corrected chi connectivity index (χ0v) is 33.0. The Balaban J connectivity index is 1.48. The van der Waals surface area contributed by atoms with Crippen LogP contribution in [0.25, 0.3) is 0 Å². The van der Waals surface area contributed by atoms with Gasteiger partial charge in [0, 0.05) is 5.92 Å². The summed E-state index contributed by atoms with van der Waals surface area (Å²) in [6.45, 7) is 20.0. The van der Waals surface area contributed by atoms with Crippen LogP contribution in [-0.4, -0.2) is 47.7 Å². The average Bonchev–Trinajstić information content (AvgIpc) is 3.84. The van der Waals surface area contributed by atoms with Gasteiger partial charge in [-0.1, -0.05) is 146 Å². The number of hydrogen-bond donors (Lipinski definition) is 0. The van der Waals surface area contributed by atoms with Gasteiger partial charge in [-0.15, -0.1) is 0 Å². The minimum atomic E-state index is -2.76. The van der Waals surface area contributed by atoms with E-state index in [1.54, 1.807) is 0 Å². The van der Waals surface area contributed by atoms with Crippen molar-refractivity contribution in [3.63, 3.8) is 0 Å². The van der Waals surface area contributed by atoms with Gasteiger partial charge in [0.05, 0.1) is 37.6 Å². The normalized spacial score (nSPS) is 25.5. The van der Waals surface area contributed by atoms with E-state index in [0.29, 0.717) is 19.1 Å². The van der Waals surface area contributed by atoms with Crippen molar-refractivity contribution in [3.8, 4) is 0 Å². The summed E-state index contributed by atoms with van der Waals surface area (Å²) in [5, 5.41) is 2.56. The van der Waals surface area contributed by atoms with Crippen molar-refractivity contribution in [3.05, 3.63) is 96.6 Å². The number of ether oxygens (including phenoxy) is 2. The van der Waals surface area contributed by atoms with E-state index < -0.39 is 16.6 Å². The van der Waals surface area contributed by atoms with Crippen LogP contribution in [0.4, 0.5) is 0 Å². The molecule has 3 aromatic carbocycles. The van der Waals surface area contributed by atoms with Crippen LogP contribution in [0.1, 0.15) is 80.2 Å². The largest absolute Gasteiger partial charge is 0.414 e. The zero-order valence-electron chi connectivity index (χ0n) is 31.0. The van der Waals surface area contributed by atoms with E-state index >= 15 is 0 Å². The Labute approximate surface area is 294 Å². The molecule has 3 aromatic rings. The van der Waals surface area contributed by atoms with Crippen LogP contribution in [-0.2, 0) is 24.9 Å². The predicted molar refractivity (Wildman–Crippen MR) is 205 cm³/mol. The highest BCUT2D eigenvalue weighted by molar-refractivity contribution is 6.99. The molecule has 2 fully saturated rings. The topological polar surface area (TPSA) is 36.9 Å². The summed E-state index contributed by atoms with van der Waals surface area (Å²) in [4.78, 5) is 0. The fourth-order valence-corrected chi connectivity index (χ4v) is 15.9. The highest BCUT2D eigenvalue weighted by atomic mass is 28.4. The molecule has 0 radical (unpaired) electrons. The van der Waals surface area contributed by atoms with Crippen LogP contribution in [0, 0.1) is 17.8 Å². The fourth-order valence-electron chi connectivity index (χ4n) is 8.18. The molecule has 7 atom stereocenters. The van der Waals surface area contributed by atoms with Crippen LogP contribution < -0.4 is 10.4 Å². The lowest BCUT2D eigenvalue weighted by Gasteiger charge is -2.49. The fraction of sp³-hybridized carbons (Fsp3) is 0.571. The van der Waals surface area contributed by atoms with Crippen LogP contribution in [0.2, 0.25) is 23.2 Å². The van der Waals surface area contributed by atoms with Crippen LogP contribution >= 0.6 is 0 Å². The monoisotopic (exact) mass is 686 g/mol. The van der Waals surface area contributed by atoms with Gasteiger partial charge in [0.1, 0.15) is 0 Å². The molecule has 4 nitrogen and oxygen atoms in total. The SMILES string of the molecule is CC[Si](CC)(CC)O[C@@H](C[C@@H]1C[C@H](O[Si](c2ccccc2)(c2ccccc2)C(C)(C)C)[C@@H](C)[C@H](COCc2ccccc2)O1)[C@H]1C[C@@H]1C. The van der Waals surface area contributed by atoms with Crippen molar-refractivity contribution in [1.82, 2.24) is 0 Å². The Bertz CT molecular complexity index is 1330. The molecule has 0 unspecified atom stereocenters. The number of rotatable bonds is 16. The summed E-state index contributed by atoms with van der Waals surface area (Å²) in [6, 6.07) is 36.1. The third-order valence-corrected chi connectivity index (χ3v) is 21.4. The van der Waals surface area contributed by atoms with E-state index in [0.717, 1.165) is 18.8 Å². The second-order valence-electron chi connectivity index (χ2n) is 15.7. The van der Waals surface area contributed by atoms with Crippen molar-refractivity contribution in [1.29, 1.82) is 0 Å². The van der Waals surface area contributed by atoms with E-state index in [1.807, 2.05) is 0 Å². The van der Waals surface area contributed by atoms with Gasteiger partial charge in [0.25, 0.3) is 8.32 Å². The lowest BCUT2D eigenvalue weighted by atomic mass is 9.88. The lowest BCUT2D eigenvalue weighted by molar-refractivity contribution is -0.158. The van der Waals surface area contributed by atoms with Crippen molar-refractivity contribution in [2.45, 2.75) is 129 Å². The minimum Gasteiger partial charge on any atom is -0.414 e. The first kappa shape index (κ1) is 37.2. The van der Waals surface area contributed by atoms with Crippen LogP contribution in [0.5, 0.6) is 0 Å². The molecule has 5 rings (SSSR count). The van der Waals surface area contributed by atoms with Crippen molar-refractivity contribution in [2.24, 2.45) is 17.8 Å². The lowest BCUT2D eigenvalue weighted by Crippen LogP contribution is -2.69. The summed E-state index contributed by atoms with van der Waals surface area (Å²) in [7, 11) is -4.54. The number of hydrogen-bond acceptors (Lipinski definition) is 4. The van der Waals surface area contributed by atoms with Gasteiger partial charge in [-0.2, -0.15) is 0 Å². The average molecular weight is 687 g/mol. The summed E-state index contributed by atoms with van der Waals surface area (Å²) < 4.78 is 28.7. The highest BCUT2D eigenvalue weighted by Gasteiger charge is 2.54. The molecule has 0 bridgehead atoms. The Hall–Kier alpha value is -2.07. The maximum Gasteiger partial charge on any atom is 0.261 e. The first-order valence-electron chi connectivity index (χ1n) is 18.8. The van der Waals surface area contributed by atoms with Gasteiger partial charge in [-0.3, -0.25) is 0 Å². The quantitative estimate of drug-likeness (QED) is 0.141. The number of benzene rings is 3. The van der Waals surface area contributed by atoms with Gasteiger partial charge in [0.15, 0.2) is 8.32 Å². The minimum absolute atomic E-state index is 0.0307. The predicted octanol–water partition coefficient (Wildman–Crippen LogP) is 9.38. The Morgan fingerprint density at radius 3 is 1.77 bits per heavy atom. The second kappa shape index (κ2) is 16.3. The third-order valence-electron chi connectivity index (χ3n) is 11.7. The van der Waals surface area contributed by atoms with Gasteiger partial charge in [-0.05, 0) is 70.2 Å². The van der Waals surface area contributed by atoms with Gasteiger partial charge in [0.2, 0.25) is 0 Å². The summed E-state index contributed by atoms with van der Waals surface area (Å²) in [5.74, 6) is 1.53. The van der Waals surface area contributed by atoms with Crippen molar-refractivity contribution < 1.29 is 18.3 Å². The highest BCUT2D eigenvalue weighted by Crippen LogP contribution is 2.47.